The second-order valence-electron chi connectivity index (χ2n) is 9.80. The number of hydrogen-bond acceptors (Lipinski definition) is 5. The van der Waals surface area contributed by atoms with Crippen LogP contribution in [0, 0.1) is 11.8 Å². The van der Waals surface area contributed by atoms with Crippen LogP contribution < -0.4 is 10.6 Å². The van der Waals surface area contributed by atoms with Gasteiger partial charge in [0.2, 0.25) is 0 Å². The zero-order valence-electron chi connectivity index (χ0n) is 17.8. The number of nitrogens with zero attached hydrogens (tertiary/aromatic N) is 2. The molecule has 0 spiro atoms. The van der Waals surface area contributed by atoms with Gasteiger partial charge in [-0.3, -0.25) is 4.79 Å². The molecule has 5 heteroatoms. The van der Waals surface area contributed by atoms with E-state index in [0.717, 1.165) is 63.9 Å². The Morgan fingerprint density at radius 2 is 1.11 bits per heavy atom. The molecule has 160 valence electrons. The molecule has 28 heavy (non-hydrogen) atoms. The van der Waals surface area contributed by atoms with E-state index in [9.17, 15) is 4.79 Å². The molecule has 4 rings (SSSR count). The molecule has 4 fully saturated rings. The Kier molecular flexibility index (Phi) is 7.80. The molecule has 4 aliphatic rings. The molecular formula is C23H42N4O. The lowest BCUT2D eigenvalue weighted by Crippen LogP contribution is -2.43. The molecule has 0 saturated carbocycles. The van der Waals surface area contributed by atoms with Crippen molar-refractivity contribution in [3.63, 3.8) is 0 Å². The van der Waals surface area contributed by atoms with Gasteiger partial charge in [0.1, 0.15) is 5.78 Å². The van der Waals surface area contributed by atoms with Crippen LogP contribution in [0.3, 0.4) is 0 Å². The summed E-state index contributed by atoms with van der Waals surface area (Å²) in [5.74, 6) is 1.30. The summed E-state index contributed by atoms with van der Waals surface area (Å²) < 4.78 is 0. The molecule has 4 aliphatic heterocycles. The van der Waals surface area contributed by atoms with E-state index >= 15 is 0 Å². The molecule has 0 amide bonds. The highest BCUT2D eigenvalue weighted by atomic mass is 16.1. The molecule has 4 heterocycles. The van der Waals surface area contributed by atoms with Crippen LogP contribution in [0.25, 0.3) is 0 Å². The highest BCUT2D eigenvalue weighted by Crippen LogP contribution is 2.27. The lowest BCUT2D eigenvalue weighted by atomic mass is 9.81. The van der Waals surface area contributed by atoms with Crippen molar-refractivity contribution in [3.8, 4) is 0 Å². The van der Waals surface area contributed by atoms with E-state index in [1.54, 1.807) is 0 Å². The zero-order chi connectivity index (χ0) is 19.2. The van der Waals surface area contributed by atoms with Crippen LogP contribution in [-0.4, -0.2) is 80.0 Å². The molecule has 2 unspecified atom stereocenters. The number of carbonyl (C=O) groups is 1. The topological polar surface area (TPSA) is 47.6 Å². The van der Waals surface area contributed by atoms with Crippen LogP contribution in [0.1, 0.15) is 64.2 Å². The molecule has 0 aromatic rings. The van der Waals surface area contributed by atoms with Gasteiger partial charge in [0.25, 0.3) is 0 Å². The number of piperidine rings is 2. The summed E-state index contributed by atoms with van der Waals surface area (Å²) in [6.07, 6.45) is 12.4. The minimum absolute atomic E-state index is 0.347. The van der Waals surface area contributed by atoms with Gasteiger partial charge in [-0.1, -0.05) is 0 Å². The standard InChI is InChI=1S/C23H42N4O/c28-23(19-5-13-26(14-6-19)17-9-21-3-1-11-24-21)20-7-15-27(16-8-20)18-10-22-4-2-12-25-22/h19-22,24-25H,1-18H2. The van der Waals surface area contributed by atoms with E-state index in [1.165, 1.54) is 64.7 Å². The number of nitrogens with one attached hydrogen (secondary N) is 2. The van der Waals surface area contributed by atoms with Gasteiger partial charge >= 0.3 is 0 Å². The van der Waals surface area contributed by atoms with Crippen molar-refractivity contribution in [3.05, 3.63) is 0 Å². The van der Waals surface area contributed by atoms with Gasteiger partial charge in [0.05, 0.1) is 0 Å². The fourth-order valence-corrected chi connectivity index (χ4v) is 5.90. The summed E-state index contributed by atoms with van der Waals surface area (Å²) in [4.78, 5) is 18.2. The van der Waals surface area contributed by atoms with Gasteiger partial charge in [0, 0.05) is 23.9 Å². The third-order valence-electron chi connectivity index (χ3n) is 7.89. The van der Waals surface area contributed by atoms with Gasteiger partial charge in [-0.2, -0.15) is 0 Å². The van der Waals surface area contributed by atoms with Crippen molar-refractivity contribution in [2.75, 3.05) is 52.4 Å². The molecule has 0 bridgehead atoms. The Morgan fingerprint density at radius 1 is 0.679 bits per heavy atom. The fraction of sp³-hybridized carbons (Fsp3) is 0.957. The largest absolute Gasteiger partial charge is 0.314 e. The summed E-state index contributed by atoms with van der Waals surface area (Å²) in [6, 6.07) is 1.49. The maximum absolute atomic E-state index is 13.0. The monoisotopic (exact) mass is 390 g/mol. The van der Waals surface area contributed by atoms with Crippen molar-refractivity contribution in [1.29, 1.82) is 0 Å². The summed E-state index contributed by atoms with van der Waals surface area (Å²) in [5, 5.41) is 7.21. The quantitative estimate of drug-likeness (QED) is 0.666. The second kappa shape index (κ2) is 10.5. The number of likely N-dealkylation sites (tertiary alicyclic amines) is 2. The Balaban J connectivity index is 1.11. The van der Waals surface area contributed by atoms with Crippen LogP contribution in [-0.2, 0) is 4.79 Å². The zero-order valence-corrected chi connectivity index (χ0v) is 17.8. The van der Waals surface area contributed by atoms with E-state index in [0.29, 0.717) is 17.6 Å². The summed E-state index contributed by atoms with van der Waals surface area (Å²) in [7, 11) is 0. The Bertz CT molecular complexity index is 429. The predicted octanol–water partition coefficient (Wildman–Crippen LogP) is 2.26. The summed E-state index contributed by atoms with van der Waals surface area (Å²) in [5.41, 5.74) is 0. The predicted molar refractivity (Wildman–Crippen MR) is 115 cm³/mol. The first-order chi connectivity index (χ1) is 13.8. The minimum atomic E-state index is 0.347. The lowest BCUT2D eigenvalue weighted by molar-refractivity contribution is -0.129. The Hall–Kier alpha value is -0.490. The molecule has 2 N–H and O–H groups in total. The fourth-order valence-electron chi connectivity index (χ4n) is 5.90. The first-order valence-corrected chi connectivity index (χ1v) is 12.2. The van der Waals surface area contributed by atoms with Gasteiger partial charge in [-0.25, -0.2) is 0 Å². The third-order valence-corrected chi connectivity index (χ3v) is 7.89. The summed E-state index contributed by atoms with van der Waals surface area (Å²) >= 11 is 0. The first kappa shape index (κ1) is 20.8. The van der Waals surface area contributed by atoms with Gasteiger partial charge in [-0.15, -0.1) is 0 Å². The smallest absolute Gasteiger partial charge is 0.139 e. The van der Waals surface area contributed by atoms with Gasteiger partial charge in [0.15, 0.2) is 0 Å². The van der Waals surface area contributed by atoms with Crippen LogP contribution in [0.2, 0.25) is 0 Å². The molecule has 0 radical (unpaired) electrons. The van der Waals surface area contributed by atoms with E-state index < -0.39 is 0 Å². The summed E-state index contributed by atoms with van der Waals surface area (Å²) in [6.45, 7) is 9.38. The van der Waals surface area contributed by atoms with Crippen molar-refractivity contribution in [2.45, 2.75) is 76.3 Å². The van der Waals surface area contributed by atoms with Crippen LogP contribution in [0.4, 0.5) is 0 Å². The van der Waals surface area contributed by atoms with E-state index in [1.807, 2.05) is 0 Å². The van der Waals surface area contributed by atoms with Crippen LogP contribution in [0.15, 0.2) is 0 Å². The molecule has 0 aromatic heterocycles. The first-order valence-electron chi connectivity index (χ1n) is 12.2. The van der Waals surface area contributed by atoms with Crippen LogP contribution in [0.5, 0.6) is 0 Å². The molecule has 2 atom stereocenters. The van der Waals surface area contributed by atoms with Crippen molar-refractivity contribution in [1.82, 2.24) is 20.4 Å². The molecular weight excluding hydrogens is 348 g/mol. The van der Waals surface area contributed by atoms with E-state index in [4.69, 9.17) is 0 Å². The normalized spacial score (nSPS) is 31.6. The number of ketones is 1. The number of Topliss-reactive ketones (excluding diaryl/α,β-unsaturated/α-hetero) is 1. The average molecular weight is 391 g/mol. The Morgan fingerprint density at radius 3 is 1.46 bits per heavy atom. The van der Waals surface area contributed by atoms with Crippen molar-refractivity contribution >= 4 is 5.78 Å². The maximum atomic E-state index is 13.0. The number of carbonyl (C=O) groups excluding carboxylic acids is 1. The van der Waals surface area contributed by atoms with Crippen molar-refractivity contribution < 1.29 is 4.79 Å². The van der Waals surface area contributed by atoms with Gasteiger partial charge < -0.3 is 20.4 Å². The molecule has 4 saturated heterocycles. The van der Waals surface area contributed by atoms with Gasteiger partial charge in [-0.05, 0) is 117 Å². The second-order valence-corrected chi connectivity index (χ2v) is 9.80. The number of hydrogen-bond donors (Lipinski definition) is 2. The lowest BCUT2D eigenvalue weighted by Gasteiger charge is -2.36. The molecule has 5 nitrogen and oxygen atoms in total. The van der Waals surface area contributed by atoms with Crippen LogP contribution >= 0.6 is 0 Å². The average Bonchev–Trinajstić information content (AvgIpc) is 3.45. The Labute approximate surface area is 172 Å². The SMILES string of the molecule is O=C(C1CCN(CCC2CCCN2)CC1)C1CCN(CCC2CCCN2)CC1. The molecule has 0 aliphatic carbocycles. The maximum Gasteiger partial charge on any atom is 0.139 e. The van der Waals surface area contributed by atoms with E-state index in [2.05, 4.69) is 20.4 Å². The van der Waals surface area contributed by atoms with E-state index in [-0.39, 0.29) is 0 Å². The highest BCUT2D eigenvalue weighted by Gasteiger charge is 2.32. The minimum Gasteiger partial charge on any atom is -0.314 e. The number of rotatable bonds is 8. The highest BCUT2D eigenvalue weighted by molar-refractivity contribution is 5.83. The van der Waals surface area contributed by atoms with Crippen molar-refractivity contribution in [2.24, 2.45) is 11.8 Å². The molecule has 0 aromatic carbocycles. The third kappa shape index (κ3) is 5.78.